The number of nitrogens with zero attached hydrogens (tertiary/aromatic N) is 1. The van der Waals surface area contributed by atoms with Crippen molar-refractivity contribution >= 4 is 23.3 Å². The molecular formula is C14H20ClN3O2. The molecule has 0 saturated carbocycles. The van der Waals surface area contributed by atoms with E-state index in [9.17, 15) is 4.79 Å². The van der Waals surface area contributed by atoms with Gasteiger partial charge in [-0.15, -0.1) is 0 Å². The molecule has 1 amide bonds. The van der Waals surface area contributed by atoms with Gasteiger partial charge in [-0.25, -0.2) is 4.98 Å². The van der Waals surface area contributed by atoms with Crippen molar-refractivity contribution in [2.45, 2.75) is 32.3 Å². The number of rotatable bonds is 5. The summed E-state index contributed by atoms with van der Waals surface area (Å²) in [6, 6.07) is 3.26. The van der Waals surface area contributed by atoms with Gasteiger partial charge in [-0.3, -0.25) is 4.79 Å². The Morgan fingerprint density at radius 3 is 3.00 bits per heavy atom. The molecule has 0 radical (unpaired) electrons. The largest absolute Gasteiger partial charge is 0.373 e. The Balaban J connectivity index is 2.01. The van der Waals surface area contributed by atoms with E-state index in [0.29, 0.717) is 23.1 Å². The molecule has 1 aromatic heterocycles. The highest BCUT2D eigenvalue weighted by atomic mass is 35.5. The third-order valence-electron chi connectivity index (χ3n) is 3.34. The molecule has 1 unspecified atom stereocenters. The van der Waals surface area contributed by atoms with Crippen molar-refractivity contribution in [1.29, 1.82) is 0 Å². The summed E-state index contributed by atoms with van der Waals surface area (Å²) in [7, 11) is 0. The minimum absolute atomic E-state index is 0.162. The average molecular weight is 298 g/mol. The maximum absolute atomic E-state index is 12.2. The first-order chi connectivity index (χ1) is 9.52. The molecule has 1 atom stereocenters. The molecule has 0 aliphatic carbocycles. The van der Waals surface area contributed by atoms with E-state index in [1.54, 1.807) is 12.1 Å². The third kappa shape index (κ3) is 3.84. The fraction of sp³-hybridized carbons (Fsp3) is 0.571. The van der Waals surface area contributed by atoms with Crippen LogP contribution in [0.2, 0.25) is 5.15 Å². The highest BCUT2D eigenvalue weighted by Crippen LogP contribution is 2.24. The second-order valence-corrected chi connectivity index (χ2v) is 5.57. The Hall–Kier alpha value is -1.33. The zero-order valence-electron chi connectivity index (χ0n) is 11.8. The number of hydrogen-bond acceptors (Lipinski definition) is 4. The van der Waals surface area contributed by atoms with Crippen molar-refractivity contribution in [1.82, 2.24) is 10.3 Å². The van der Waals surface area contributed by atoms with Gasteiger partial charge in [-0.1, -0.05) is 11.6 Å². The lowest BCUT2D eigenvalue weighted by atomic mass is 10.0. The molecule has 0 aromatic carbocycles. The second kappa shape index (κ2) is 6.41. The van der Waals surface area contributed by atoms with Crippen molar-refractivity contribution in [3.05, 3.63) is 22.8 Å². The van der Waals surface area contributed by atoms with E-state index < -0.39 is 0 Å². The van der Waals surface area contributed by atoms with Crippen molar-refractivity contribution in [3.8, 4) is 0 Å². The van der Waals surface area contributed by atoms with Crippen LogP contribution in [-0.4, -0.2) is 36.2 Å². The molecule has 1 aromatic rings. The summed E-state index contributed by atoms with van der Waals surface area (Å²) < 4.78 is 5.65. The van der Waals surface area contributed by atoms with Crippen LogP contribution in [0.25, 0.3) is 0 Å². The first-order valence-electron chi connectivity index (χ1n) is 6.86. The molecule has 2 heterocycles. The van der Waals surface area contributed by atoms with E-state index in [0.717, 1.165) is 26.0 Å². The van der Waals surface area contributed by atoms with Gasteiger partial charge in [0.15, 0.2) is 0 Å². The minimum atomic E-state index is -0.253. The molecule has 1 aliphatic heterocycles. The molecule has 0 spiro atoms. The predicted octanol–water partition coefficient (Wildman–Crippen LogP) is 2.47. The number of hydrogen-bond donors (Lipinski definition) is 2. The van der Waals surface area contributed by atoms with Crippen molar-refractivity contribution < 1.29 is 9.53 Å². The summed E-state index contributed by atoms with van der Waals surface area (Å²) in [5.74, 6) is 0.443. The second-order valence-electron chi connectivity index (χ2n) is 5.18. The molecule has 6 heteroatoms. The SMILES string of the molecule is CCNc1cc(C(=O)NCC2(C)CCCO2)cc(Cl)n1. The highest BCUT2D eigenvalue weighted by Gasteiger charge is 2.30. The molecule has 110 valence electrons. The van der Waals surface area contributed by atoms with Gasteiger partial charge in [0.25, 0.3) is 5.91 Å². The number of carbonyl (C=O) groups excluding carboxylic acids is 1. The summed E-state index contributed by atoms with van der Waals surface area (Å²) >= 11 is 5.93. The Morgan fingerprint density at radius 1 is 1.55 bits per heavy atom. The first kappa shape index (κ1) is 15.1. The van der Waals surface area contributed by atoms with Gasteiger partial charge >= 0.3 is 0 Å². The van der Waals surface area contributed by atoms with Gasteiger partial charge in [0.1, 0.15) is 11.0 Å². The lowest BCUT2D eigenvalue weighted by molar-refractivity contribution is 0.0206. The van der Waals surface area contributed by atoms with Gasteiger partial charge in [0.05, 0.1) is 5.60 Å². The molecule has 20 heavy (non-hydrogen) atoms. The fourth-order valence-corrected chi connectivity index (χ4v) is 2.45. The summed E-state index contributed by atoms with van der Waals surface area (Å²) in [6.07, 6.45) is 2.01. The van der Waals surface area contributed by atoms with Crippen LogP contribution in [0.3, 0.4) is 0 Å². The Bertz CT molecular complexity index is 487. The van der Waals surface area contributed by atoms with Crippen molar-refractivity contribution in [2.24, 2.45) is 0 Å². The lowest BCUT2D eigenvalue weighted by Gasteiger charge is -2.23. The quantitative estimate of drug-likeness (QED) is 0.820. The van der Waals surface area contributed by atoms with Crippen LogP contribution in [0.4, 0.5) is 5.82 Å². The number of anilines is 1. The van der Waals surface area contributed by atoms with E-state index in [-0.39, 0.29) is 11.5 Å². The summed E-state index contributed by atoms with van der Waals surface area (Å²) in [6.45, 7) is 5.96. The number of pyridine rings is 1. The van der Waals surface area contributed by atoms with E-state index >= 15 is 0 Å². The van der Waals surface area contributed by atoms with Gasteiger partial charge in [0, 0.05) is 25.3 Å². The third-order valence-corrected chi connectivity index (χ3v) is 3.53. The minimum Gasteiger partial charge on any atom is -0.373 e. The number of halogens is 1. The maximum Gasteiger partial charge on any atom is 0.251 e. The van der Waals surface area contributed by atoms with Gasteiger partial charge in [-0.05, 0) is 38.8 Å². The number of carbonyl (C=O) groups is 1. The van der Waals surface area contributed by atoms with Gasteiger partial charge < -0.3 is 15.4 Å². The average Bonchev–Trinajstić information content (AvgIpc) is 2.83. The molecule has 1 fully saturated rings. The van der Waals surface area contributed by atoms with Crippen LogP contribution in [-0.2, 0) is 4.74 Å². The van der Waals surface area contributed by atoms with Crippen LogP contribution in [0.15, 0.2) is 12.1 Å². The molecular weight excluding hydrogens is 278 g/mol. The van der Waals surface area contributed by atoms with E-state index in [4.69, 9.17) is 16.3 Å². The van der Waals surface area contributed by atoms with Crippen LogP contribution in [0.5, 0.6) is 0 Å². The van der Waals surface area contributed by atoms with Gasteiger partial charge in [-0.2, -0.15) is 0 Å². The van der Waals surface area contributed by atoms with Crippen molar-refractivity contribution in [2.75, 3.05) is 25.0 Å². The fourth-order valence-electron chi connectivity index (χ4n) is 2.25. The van der Waals surface area contributed by atoms with E-state index in [1.165, 1.54) is 0 Å². The zero-order valence-corrected chi connectivity index (χ0v) is 12.6. The predicted molar refractivity (Wildman–Crippen MR) is 79.3 cm³/mol. The van der Waals surface area contributed by atoms with Crippen LogP contribution in [0.1, 0.15) is 37.0 Å². The molecule has 2 N–H and O–H groups in total. The topological polar surface area (TPSA) is 63.2 Å². The number of ether oxygens (including phenoxy) is 1. The van der Waals surface area contributed by atoms with E-state index in [1.807, 2.05) is 13.8 Å². The lowest BCUT2D eigenvalue weighted by Crippen LogP contribution is -2.40. The first-order valence-corrected chi connectivity index (χ1v) is 7.24. The number of nitrogens with one attached hydrogen (secondary N) is 2. The molecule has 0 bridgehead atoms. The van der Waals surface area contributed by atoms with E-state index in [2.05, 4.69) is 15.6 Å². The van der Waals surface area contributed by atoms with Gasteiger partial charge in [0.2, 0.25) is 0 Å². The Labute approximate surface area is 124 Å². The monoisotopic (exact) mass is 297 g/mol. The summed E-state index contributed by atoms with van der Waals surface area (Å²) in [5, 5.41) is 6.25. The molecule has 5 nitrogen and oxygen atoms in total. The standard InChI is InChI=1S/C14H20ClN3O2/c1-3-16-12-8-10(7-11(15)18-12)13(19)17-9-14(2)5-4-6-20-14/h7-8H,3-6,9H2,1-2H3,(H,16,18)(H,17,19). The van der Waals surface area contributed by atoms with Crippen LogP contribution in [0, 0.1) is 0 Å². The van der Waals surface area contributed by atoms with Crippen LogP contribution >= 0.6 is 11.6 Å². The normalized spacial score (nSPS) is 21.8. The number of amides is 1. The number of aromatic nitrogens is 1. The summed E-state index contributed by atoms with van der Waals surface area (Å²) in [5.41, 5.74) is 0.249. The molecule has 1 saturated heterocycles. The zero-order chi connectivity index (χ0) is 14.6. The smallest absolute Gasteiger partial charge is 0.251 e. The highest BCUT2D eigenvalue weighted by molar-refractivity contribution is 6.29. The molecule has 1 aliphatic rings. The Kier molecular flexibility index (Phi) is 4.83. The maximum atomic E-state index is 12.2. The molecule has 2 rings (SSSR count). The Morgan fingerprint density at radius 2 is 2.35 bits per heavy atom. The van der Waals surface area contributed by atoms with Crippen LogP contribution < -0.4 is 10.6 Å². The van der Waals surface area contributed by atoms with Crippen molar-refractivity contribution in [3.63, 3.8) is 0 Å². The summed E-state index contributed by atoms with van der Waals surface area (Å²) in [4.78, 5) is 16.3.